The van der Waals surface area contributed by atoms with Gasteiger partial charge in [-0.1, -0.05) is 13.3 Å². The maximum atomic E-state index is 6.13. The van der Waals surface area contributed by atoms with Crippen LogP contribution >= 0.6 is 0 Å². The van der Waals surface area contributed by atoms with E-state index in [9.17, 15) is 0 Å². The van der Waals surface area contributed by atoms with Crippen LogP contribution in [0.1, 0.15) is 39.5 Å². The van der Waals surface area contributed by atoms with Crippen LogP contribution in [0.15, 0.2) is 109 Å². The summed E-state index contributed by atoms with van der Waals surface area (Å²) in [5, 5.41) is 0.989. The van der Waals surface area contributed by atoms with Gasteiger partial charge in [0, 0.05) is 0 Å². The Balaban J connectivity index is 0.00000204. The summed E-state index contributed by atoms with van der Waals surface area (Å²) in [7, 11) is 0. The molecule has 4 aromatic rings. The summed E-state index contributed by atoms with van der Waals surface area (Å²) in [6.45, 7) is 7.92. The van der Waals surface area contributed by atoms with Crippen LogP contribution in [0, 0.1) is 6.92 Å². The van der Waals surface area contributed by atoms with E-state index in [4.69, 9.17) is 17.9 Å². The molecule has 4 nitrogen and oxygen atoms in total. The largest absolute Gasteiger partial charge is 1.00 e. The fourth-order valence-electron chi connectivity index (χ4n) is 3.15. The van der Waals surface area contributed by atoms with Crippen molar-refractivity contribution in [2.45, 2.75) is 44.7 Å². The molecule has 0 N–H and O–H groups in total. The van der Waals surface area contributed by atoms with Crippen molar-refractivity contribution in [3.8, 4) is 23.0 Å². The number of benzene rings is 4. The monoisotopic (exact) mass is 576 g/mol. The van der Waals surface area contributed by atoms with Gasteiger partial charge in [0.15, 0.2) is 0 Å². The predicted molar refractivity (Wildman–Crippen MR) is 158 cm³/mol. The van der Waals surface area contributed by atoms with Crippen LogP contribution in [-0.2, 0) is 0 Å². The van der Waals surface area contributed by atoms with Crippen LogP contribution in [0.3, 0.4) is 0 Å². The predicted octanol–water partition coefficient (Wildman–Crippen LogP) is 1.90. The van der Waals surface area contributed by atoms with Crippen LogP contribution in [0.5, 0.6) is 23.0 Å². The Morgan fingerprint density at radius 3 is 1.32 bits per heavy atom. The number of ether oxygens (including phenoxy) is 2. The molecule has 0 aromatic heterocycles. The molecule has 0 aliphatic heterocycles. The van der Waals surface area contributed by atoms with E-state index in [1.807, 2.05) is 109 Å². The van der Waals surface area contributed by atoms with E-state index in [-0.39, 0.29) is 56.6 Å². The van der Waals surface area contributed by atoms with Crippen LogP contribution in [0.2, 0.25) is 5.21 Å². The van der Waals surface area contributed by atoms with Crippen molar-refractivity contribution in [3.63, 3.8) is 0 Å². The third-order valence-electron chi connectivity index (χ3n) is 5.18. The van der Waals surface area contributed by atoms with Crippen molar-refractivity contribution in [2.24, 2.45) is 0 Å². The summed E-state index contributed by atoms with van der Waals surface area (Å²) in [6.07, 6.45) is 4.48. The molecule has 0 saturated heterocycles. The zero-order valence-corrected chi connectivity index (χ0v) is 26.7. The van der Waals surface area contributed by atoms with E-state index in [1.54, 1.807) is 0 Å². The Morgan fingerprint density at radius 1 is 0.575 bits per heavy atom. The van der Waals surface area contributed by atoms with Crippen molar-refractivity contribution in [1.82, 2.24) is 0 Å². The van der Waals surface area contributed by atoms with E-state index < -0.39 is 15.1 Å². The SMILES string of the molecule is CCCC[As]([N-]c1ccccc1Oc1ccccc1)[N-]c1ccccc1Oc1ccccc1.[CH2-]CCC.[Li+].[Li+].[Li+]. The Morgan fingerprint density at radius 2 is 0.950 bits per heavy atom. The summed E-state index contributed by atoms with van der Waals surface area (Å²) < 4.78 is 22.5. The first-order chi connectivity index (χ1) is 18.2. The van der Waals surface area contributed by atoms with Gasteiger partial charge in [0.1, 0.15) is 0 Å². The number of rotatable bonds is 12. The molecule has 0 aliphatic carbocycles. The molecule has 0 fully saturated rings. The zero-order chi connectivity index (χ0) is 26.1. The maximum absolute atomic E-state index is 6.13. The number of nitrogens with zero attached hydrogens (tertiary/aromatic N) is 2. The van der Waals surface area contributed by atoms with Crippen molar-refractivity contribution in [2.75, 3.05) is 0 Å². The summed E-state index contributed by atoms with van der Waals surface area (Å²) >= 11 is -1.97. The Hall–Kier alpha value is -1.57. The summed E-state index contributed by atoms with van der Waals surface area (Å²) in [4.78, 5) is 0. The number of unbranched alkanes of at least 4 members (excludes halogenated alkanes) is 2. The molecule has 0 unspecified atom stereocenters. The maximum Gasteiger partial charge on any atom is 1.00 e. The molecule has 0 spiro atoms. The Bertz CT molecular complexity index is 1080. The smallest absolute Gasteiger partial charge is 0.343 e. The molecule has 0 amide bonds. The first kappa shape index (κ1) is 38.4. The molecule has 4 aromatic carbocycles. The molecule has 4 rings (SSSR count). The standard InChI is InChI=1S/C28H27AsN2O2.C4H9.3Li/c1-2-3-22-29(30-25-18-10-12-20-27(25)32-23-14-6-4-7-15-23)31-26-19-11-13-21-28(26)33-24-16-8-5-9-17-24;1-3-4-2;;;/h4-21H,2-3,22H2,1H3;1,3-4H2,2H3;;;/q-2;-1;3*+1. The number of hydrogen-bond acceptors (Lipinski definition) is 2. The van der Waals surface area contributed by atoms with Gasteiger partial charge in [-0.15, -0.1) is 0 Å². The van der Waals surface area contributed by atoms with Crippen molar-refractivity contribution in [1.29, 1.82) is 0 Å². The average molecular weight is 576 g/mol. The summed E-state index contributed by atoms with van der Waals surface area (Å²) in [5.41, 5.74) is 1.70. The van der Waals surface area contributed by atoms with Gasteiger partial charge in [-0.05, 0) is 0 Å². The molecule has 0 radical (unpaired) electrons. The Kier molecular flexibility index (Phi) is 22.1. The Labute approximate surface area is 282 Å². The van der Waals surface area contributed by atoms with Gasteiger partial charge < -0.3 is 6.92 Å². The molecule has 0 saturated carbocycles. The van der Waals surface area contributed by atoms with Crippen LogP contribution < -0.4 is 66.1 Å². The minimum Gasteiger partial charge on any atom is -0.343 e. The van der Waals surface area contributed by atoms with Crippen molar-refractivity contribution >= 4 is 26.5 Å². The first-order valence-corrected chi connectivity index (χ1v) is 15.9. The fourth-order valence-corrected chi connectivity index (χ4v) is 6.66. The van der Waals surface area contributed by atoms with E-state index in [1.165, 1.54) is 6.42 Å². The number of hydrogen-bond donors (Lipinski definition) is 0. The molecular formula is C32H36AsLi3N2O2. The average Bonchev–Trinajstić information content (AvgIpc) is 2.95. The second-order valence-corrected chi connectivity index (χ2v) is 11.6. The topological polar surface area (TPSA) is 46.7 Å². The van der Waals surface area contributed by atoms with Crippen molar-refractivity contribution < 1.29 is 66.1 Å². The molecule has 40 heavy (non-hydrogen) atoms. The van der Waals surface area contributed by atoms with Gasteiger partial charge >= 0.3 is 258 Å². The van der Waals surface area contributed by atoms with E-state index >= 15 is 0 Å². The van der Waals surface area contributed by atoms with Gasteiger partial charge in [-0.2, -0.15) is 6.42 Å². The van der Waals surface area contributed by atoms with E-state index in [2.05, 4.69) is 20.8 Å². The molecule has 0 bridgehead atoms. The minimum absolute atomic E-state index is 0. The van der Waals surface area contributed by atoms with Gasteiger partial charge in [0.2, 0.25) is 0 Å². The molecule has 194 valence electrons. The fraction of sp³-hybridized carbons (Fsp3) is 0.219. The molecule has 0 atom stereocenters. The zero-order valence-electron chi connectivity index (χ0n) is 24.8. The van der Waals surface area contributed by atoms with Gasteiger partial charge in [-0.25, -0.2) is 0 Å². The van der Waals surface area contributed by atoms with Crippen LogP contribution in [0.25, 0.3) is 8.47 Å². The van der Waals surface area contributed by atoms with Gasteiger partial charge in [0.05, 0.1) is 0 Å². The second-order valence-electron chi connectivity index (χ2n) is 8.27. The summed E-state index contributed by atoms with van der Waals surface area (Å²) in [6, 6.07) is 35.5. The quantitative estimate of drug-likeness (QED) is 0.191. The van der Waals surface area contributed by atoms with Gasteiger partial charge in [-0.3, -0.25) is 0 Å². The summed E-state index contributed by atoms with van der Waals surface area (Å²) in [5.74, 6) is 3.10. The molecule has 0 aliphatic rings. The van der Waals surface area contributed by atoms with Crippen LogP contribution in [0.4, 0.5) is 11.4 Å². The van der Waals surface area contributed by atoms with Gasteiger partial charge in [0.25, 0.3) is 0 Å². The second kappa shape index (κ2) is 23.0. The minimum atomic E-state index is -1.97. The number of para-hydroxylation sites is 4. The third-order valence-corrected chi connectivity index (χ3v) is 8.56. The normalized spacial score (nSPS) is 9.50. The van der Waals surface area contributed by atoms with E-state index in [0.717, 1.165) is 58.8 Å². The molecule has 0 heterocycles. The van der Waals surface area contributed by atoms with Crippen LogP contribution in [-0.4, -0.2) is 15.1 Å². The molecule has 8 heteroatoms. The molecular weight excluding hydrogens is 540 g/mol. The first-order valence-electron chi connectivity index (χ1n) is 12.9. The van der Waals surface area contributed by atoms with Crippen molar-refractivity contribution in [3.05, 3.63) is 125 Å². The third kappa shape index (κ3) is 13.9. The van der Waals surface area contributed by atoms with E-state index in [0.29, 0.717) is 0 Å².